The van der Waals surface area contributed by atoms with Gasteiger partial charge in [0.1, 0.15) is 5.75 Å². The fourth-order valence-electron chi connectivity index (χ4n) is 2.36. The van der Waals surface area contributed by atoms with E-state index < -0.39 is 0 Å². The first kappa shape index (κ1) is 15.3. The summed E-state index contributed by atoms with van der Waals surface area (Å²) < 4.78 is 6.38. The van der Waals surface area contributed by atoms with Crippen LogP contribution in [0.2, 0.25) is 0 Å². The maximum absolute atomic E-state index is 12.1. The Labute approximate surface area is 128 Å². The first-order chi connectivity index (χ1) is 9.69. The Morgan fingerprint density at radius 2 is 1.95 bits per heavy atom. The molecule has 0 aromatic heterocycles. The molecule has 1 amide bonds. The lowest BCUT2D eigenvalue weighted by Gasteiger charge is -2.21. The lowest BCUT2D eigenvalue weighted by molar-refractivity contribution is 0.153. The predicted molar refractivity (Wildman–Crippen MR) is 83.1 cm³/mol. The van der Waals surface area contributed by atoms with Crippen molar-refractivity contribution >= 4 is 22.0 Å². The summed E-state index contributed by atoms with van der Waals surface area (Å²) in [4.78, 5) is 16.4. The molecule has 1 aliphatic rings. The van der Waals surface area contributed by atoms with Crippen LogP contribution in [-0.2, 0) is 0 Å². The molecule has 0 spiro atoms. The highest BCUT2D eigenvalue weighted by Gasteiger charge is 2.20. The number of benzene rings is 1. The van der Waals surface area contributed by atoms with Gasteiger partial charge in [0.05, 0.1) is 0 Å². The van der Waals surface area contributed by atoms with E-state index in [0.29, 0.717) is 5.75 Å². The molecule has 0 N–H and O–H groups in total. The largest absolute Gasteiger partial charge is 0.415 e. The van der Waals surface area contributed by atoms with Crippen LogP contribution in [0.5, 0.6) is 5.75 Å². The highest BCUT2D eigenvalue weighted by molar-refractivity contribution is 9.10. The summed E-state index contributed by atoms with van der Waals surface area (Å²) in [5.41, 5.74) is 0. The summed E-state index contributed by atoms with van der Waals surface area (Å²) in [5, 5.41) is 0. The van der Waals surface area contributed by atoms with Gasteiger partial charge in [-0.15, -0.1) is 0 Å². The Kier molecular flexibility index (Phi) is 5.86. The summed E-state index contributed by atoms with van der Waals surface area (Å²) >= 11 is 3.36. The van der Waals surface area contributed by atoms with Crippen molar-refractivity contribution in [1.82, 2.24) is 9.80 Å². The molecule has 1 aromatic carbocycles. The summed E-state index contributed by atoms with van der Waals surface area (Å²) in [6, 6.07) is 7.33. The topological polar surface area (TPSA) is 32.8 Å². The number of hydrogen-bond donors (Lipinski definition) is 0. The van der Waals surface area contributed by atoms with Crippen molar-refractivity contribution in [2.75, 3.05) is 32.7 Å². The molecule has 0 aliphatic carbocycles. The van der Waals surface area contributed by atoms with E-state index in [0.717, 1.165) is 50.0 Å². The van der Waals surface area contributed by atoms with Gasteiger partial charge >= 0.3 is 6.09 Å². The molecular weight excluding hydrogens is 320 g/mol. The van der Waals surface area contributed by atoms with Gasteiger partial charge in [-0.25, -0.2) is 4.79 Å². The van der Waals surface area contributed by atoms with Gasteiger partial charge in [-0.05, 0) is 50.2 Å². The van der Waals surface area contributed by atoms with Crippen LogP contribution in [-0.4, -0.2) is 48.6 Å². The Balaban J connectivity index is 1.87. The van der Waals surface area contributed by atoms with Crippen molar-refractivity contribution in [1.29, 1.82) is 0 Å². The monoisotopic (exact) mass is 340 g/mol. The molecule has 4 nitrogen and oxygen atoms in total. The van der Waals surface area contributed by atoms with Crippen LogP contribution in [0.25, 0.3) is 0 Å². The molecule has 0 radical (unpaired) electrons. The third-order valence-electron chi connectivity index (χ3n) is 3.41. The molecule has 110 valence electrons. The molecule has 1 saturated heterocycles. The SMILES string of the molecule is CCCN1CCCN(C(=O)Oc2ccc(Br)cc2)CC1. The number of hydrogen-bond acceptors (Lipinski definition) is 3. The molecule has 5 heteroatoms. The summed E-state index contributed by atoms with van der Waals surface area (Å²) in [5.74, 6) is 0.591. The van der Waals surface area contributed by atoms with E-state index in [1.54, 1.807) is 17.0 Å². The lowest BCUT2D eigenvalue weighted by atomic mass is 10.3. The average Bonchev–Trinajstić information content (AvgIpc) is 2.67. The van der Waals surface area contributed by atoms with Gasteiger partial charge in [0.25, 0.3) is 0 Å². The first-order valence-electron chi connectivity index (χ1n) is 7.13. The molecule has 0 unspecified atom stereocenters. The third kappa shape index (κ3) is 4.49. The van der Waals surface area contributed by atoms with Crippen LogP contribution in [0.3, 0.4) is 0 Å². The van der Waals surface area contributed by atoms with Crippen LogP contribution >= 0.6 is 15.9 Å². The van der Waals surface area contributed by atoms with Gasteiger partial charge in [-0.3, -0.25) is 0 Å². The number of amides is 1. The zero-order valence-corrected chi connectivity index (χ0v) is 13.4. The summed E-state index contributed by atoms with van der Waals surface area (Å²) in [6.07, 6.45) is 1.92. The van der Waals surface area contributed by atoms with Crippen molar-refractivity contribution in [3.63, 3.8) is 0 Å². The average molecular weight is 341 g/mol. The molecule has 1 aromatic rings. The number of nitrogens with zero attached hydrogens (tertiary/aromatic N) is 2. The minimum absolute atomic E-state index is 0.245. The fraction of sp³-hybridized carbons (Fsp3) is 0.533. The maximum atomic E-state index is 12.1. The molecule has 0 atom stereocenters. The lowest BCUT2D eigenvalue weighted by Crippen LogP contribution is -2.37. The van der Waals surface area contributed by atoms with Gasteiger partial charge in [-0.1, -0.05) is 22.9 Å². The highest BCUT2D eigenvalue weighted by Crippen LogP contribution is 2.17. The van der Waals surface area contributed by atoms with Gasteiger partial charge in [-0.2, -0.15) is 0 Å². The Bertz CT molecular complexity index is 436. The quantitative estimate of drug-likeness (QED) is 0.845. The zero-order chi connectivity index (χ0) is 14.4. The maximum Gasteiger partial charge on any atom is 0.415 e. The minimum atomic E-state index is -0.245. The molecule has 0 saturated carbocycles. The number of carbonyl (C=O) groups excluding carboxylic acids is 1. The molecule has 1 heterocycles. The van der Waals surface area contributed by atoms with Crippen molar-refractivity contribution in [3.8, 4) is 5.75 Å². The molecule has 20 heavy (non-hydrogen) atoms. The van der Waals surface area contributed by atoms with Gasteiger partial charge in [0, 0.05) is 24.1 Å². The molecule has 1 fully saturated rings. The van der Waals surface area contributed by atoms with Gasteiger partial charge in [0.15, 0.2) is 0 Å². The number of carbonyl (C=O) groups is 1. The third-order valence-corrected chi connectivity index (χ3v) is 3.93. The minimum Gasteiger partial charge on any atom is -0.410 e. The standard InChI is InChI=1S/C15H21BrN2O2/c1-2-8-17-9-3-10-18(12-11-17)15(19)20-14-6-4-13(16)5-7-14/h4-7H,2-3,8-12H2,1H3. The van der Waals surface area contributed by atoms with Gasteiger partial charge < -0.3 is 14.5 Å². The summed E-state index contributed by atoms with van der Waals surface area (Å²) in [7, 11) is 0. The predicted octanol–water partition coefficient (Wildman–Crippen LogP) is 3.37. The smallest absolute Gasteiger partial charge is 0.410 e. The highest BCUT2D eigenvalue weighted by atomic mass is 79.9. The van der Waals surface area contributed by atoms with Crippen LogP contribution < -0.4 is 4.74 Å². The van der Waals surface area contributed by atoms with Gasteiger partial charge in [0.2, 0.25) is 0 Å². The van der Waals surface area contributed by atoms with Crippen LogP contribution in [0.4, 0.5) is 4.79 Å². The Hall–Kier alpha value is -1.07. The first-order valence-corrected chi connectivity index (χ1v) is 7.93. The van der Waals surface area contributed by atoms with Crippen LogP contribution in [0, 0.1) is 0 Å². The molecular formula is C15H21BrN2O2. The second-order valence-electron chi connectivity index (χ2n) is 5.00. The second kappa shape index (κ2) is 7.64. The summed E-state index contributed by atoms with van der Waals surface area (Å²) in [6.45, 7) is 6.81. The fourth-order valence-corrected chi connectivity index (χ4v) is 2.63. The van der Waals surface area contributed by atoms with E-state index in [4.69, 9.17) is 4.74 Å². The van der Waals surface area contributed by atoms with E-state index in [-0.39, 0.29) is 6.09 Å². The van der Waals surface area contributed by atoms with Crippen LogP contribution in [0.15, 0.2) is 28.7 Å². The van der Waals surface area contributed by atoms with Crippen molar-refractivity contribution in [3.05, 3.63) is 28.7 Å². The zero-order valence-electron chi connectivity index (χ0n) is 11.8. The van der Waals surface area contributed by atoms with E-state index in [1.807, 2.05) is 12.1 Å². The molecule has 1 aliphatic heterocycles. The van der Waals surface area contributed by atoms with E-state index in [2.05, 4.69) is 27.8 Å². The number of ether oxygens (including phenoxy) is 1. The second-order valence-corrected chi connectivity index (χ2v) is 5.92. The molecule has 2 rings (SSSR count). The number of rotatable bonds is 3. The van der Waals surface area contributed by atoms with Crippen molar-refractivity contribution in [2.24, 2.45) is 0 Å². The van der Waals surface area contributed by atoms with E-state index in [9.17, 15) is 4.79 Å². The van der Waals surface area contributed by atoms with Crippen LogP contribution in [0.1, 0.15) is 19.8 Å². The normalized spacial score (nSPS) is 16.8. The van der Waals surface area contributed by atoms with E-state index in [1.165, 1.54) is 0 Å². The Morgan fingerprint density at radius 1 is 1.20 bits per heavy atom. The van der Waals surface area contributed by atoms with E-state index >= 15 is 0 Å². The molecule has 0 bridgehead atoms. The number of halogens is 1. The Morgan fingerprint density at radius 3 is 2.65 bits per heavy atom. The van der Waals surface area contributed by atoms with Crippen molar-refractivity contribution in [2.45, 2.75) is 19.8 Å². The van der Waals surface area contributed by atoms with Crippen molar-refractivity contribution < 1.29 is 9.53 Å².